The molecule has 1 aromatic carbocycles. The van der Waals surface area contributed by atoms with E-state index in [1.54, 1.807) is 12.4 Å². The Kier molecular flexibility index (Phi) is 4.62. The van der Waals surface area contributed by atoms with Crippen LogP contribution in [0.15, 0.2) is 54.9 Å². The Bertz CT molecular complexity index is 950. The summed E-state index contributed by atoms with van der Waals surface area (Å²) in [5, 5.41) is 7.31. The minimum absolute atomic E-state index is 0.0678. The molecule has 3 heterocycles. The molecule has 1 fully saturated rings. The highest BCUT2D eigenvalue weighted by Crippen LogP contribution is 2.32. The summed E-state index contributed by atoms with van der Waals surface area (Å²) in [6.07, 6.45) is 5.52. The van der Waals surface area contributed by atoms with E-state index in [9.17, 15) is 4.79 Å². The number of aromatic nitrogens is 3. The third-order valence-electron chi connectivity index (χ3n) is 5.14. The Balaban J connectivity index is 1.55. The van der Waals surface area contributed by atoms with E-state index >= 15 is 0 Å². The predicted octanol–water partition coefficient (Wildman–Crippen LogP) is 4.16. The van der Waals surface area contributed by atoms with Gasteiger partial charge < -0.3 is 10.2 Å². The summed E-state index contributed by atoms with van der Waals surface area (Å²) in [5.74, 6) is 0. The molecule has 1 aliphatic heterocycles. The lowest BCUT2D eigenvalue weighted by molar-refractivity contribution is 0.205. The first-order valence-electron chi connectivity index (χ1n) is 9.21. The van der Waals surface area contributed by atoms with Gasteiger partial charge in [-0.25, -0.2) is 4.79 Å². The van der Waals surface area contributed by atoms with Crippen molar-refractivity contribution in [1.29, 1.82) is 0 Å². The lowest BCUT2D eigenvalue weighted by Gasteiger charge is -2.25. The predicted molar refractivity (Wildman–Crippen MR) is 105 cm³/mol. The van der Waals surface area contributed by atoms with E-state index in [0.717, 1.165) is 47.6 Å². The highest BCUT2D eigenvalue weighted by atomic mass is 16.2. The van der Waals surface area contributed by atoms with Gasteiger partial charge in [0, 0.05) is 37.2 Å². The fourth-order valence-corrected chi connectivity index (χ4v) is 3.72. The largest absolute Gasteiger partial charge is 0.322 e. The van der Waals surface area contributed by atoms with Crippen LogP contribution >= 0.6 is 0 Å². The lowest BCUT2D eigenvalue weighted by Crippen LogP contribution is -2.35. The van der Waals surface area contributed by atoms with Gasteiger partial charge in [0.05, 0.1) is 17.4 Å². The second kappa shape index (κ2) is 7.23. The Hall–Kier alpha value is -3.15. The average Bonchev–Trinajstić information content (AvgIpc) is 3.32. The van der Waals surface area contributed by atoms with Crippen molar-refractivity contribution in [2.75, 3.05) is 11.9 Å². The van der Waals surface area contributed by atoms with Crippen LogP contribution in [0.3, 0.4) is 0 Å². The van der Waals surface area contributed by atoms with Crippen LogP contribution in [0.5, 0.6) is 0 Å². The Morgan fingerprint density at radius 3 is 2.81 bits per heavy atom. The molecule has 0 aliphatic carbocycles. The normalized spacial score (nSPS) is 16.5. The summed E-state index contributed by atoms with van der Waals surface area (Å²) in [7, 11) is 1.92. The van der Waals surface area contributed by atoms with Crippen molar-refractivity contribution < 1.29 is 4.79 Å². The molecule has 4 rings (SSSR count). The summed E-state index contributed by atoms with van der Waals surface area (Å²) in [6, 6.07) is 13.8. The van der Waals surface area contributed by atoms with Gasteiger partial charge in [-0.1, -0.05) is 12.1 Å². The fourth-order valence-electron chi connectivity index (χ4n) is 3.72. The van der Waals surface area contributed by atoms with Crippen molar-refractivity contribution >= 4 is 11.7 Å². The summed E-state index contributed by atoms with van der Waals surface area (Å²) in [5.41, 5.74) is 4.90. The molecule has 27 heavy (non-hydrogen) atoms. The highest BCUT2D eigenvalue weighted by Gasteiger charge is 2.31. The quantitative estimate of drug-likeness (QED) is 0.762. The van der Waals surface area contributed by atoms with E-state index in [1.807, 2.05) is 59.1 Å². The summed E-state index contributed by atoms with van der Waals surface area (Å²) in [4.78, 5) is 19.3. The number of carbonyl (C=O) groups is 1. The van der Waals surface area contributed by atoms with Crippen molar-refractivity contribution in [3.63, 3.8) is 0 Å². The lowest BCUT2D eigenvalue weighted by atomic mass is 10.0. The number of likely N-dealkylation sites (tertiary alicyclic amines) is 1. The van der Waals surface area contributed by atoms with E-state index in [1.165, 1.54) is 0 Å². The molecule has 3 aromatic rings. The maximum Gasteiger partial charge on any atom is 0.322 e. The molecule has 2 aromatic heterocycles. The minimum atomic E-state index is -0.0745. The van der Waals surface area contributed by atoms with Gasteiger partial charge in [0.2, 0.25) is 0 Å². The number of aryl methyl sites for hydroxylation is 2. The number of hydrogen-bond acceptors (Lipinski definition) is 3. The number of carbonyl (C=O) groups excluding carboxylic acids is 1. The zero-order valence-corrected chi connectivity index (χ0v) is 15.6. The van der Waals surface area contributed by atoms with Gasteiger partial charge in [-0.05, 0) is 55.7 Å². The van der Waals surface area contributed by atoms with Crippen LogP contribution in [0.25, 0.3) is 11.3 Å². The Morgan fingerprint density at radius 1 is 1.19 bits per heavy atom. The number of nitrogens with one attached hydrogen (secondary N) is 1. The van der Waals surface area contributed by atoms with Gasteiger partial charge in [-0.2, -0.15) is 5.10 Å². The summed E-state index contributed by atoms with van der Waals surface area (Å²) in [6.45, 7) is 2.80. The Labute approximate surface area is 158 Å². The number of amides is 2. The second-order valence-corrected chi connectivity index (χ2v) is 6.91. The number of anilines is 1. The first-order valence-corrected chi connectivity index (χ1v) is 9.21. The van der Waals surface area contributed by atoms with Gasteiger partial charge in [0.15, 0.2) is 0 Å². The maximum absolute atomic E-state index is 12.9. The number of urea groups is 1. The first-order chi connectivity index (χ1) is 13.1. The number of benzene rings is 1. The minimum Gasteiger partial charge on any atom is -0.316 e. The number of rotatable bonds is 3. The molecule has 1 N–H and O–H groups in total. The third-order valence-corrected chi connectivity index (χ3v) is 5.14. The van der Waals surface area contributed by atoms with Crippen molar-refractivity contribution in [3.05, 3.63) is 66.1 Å². The zero-order chi connectivity index (χ0) is 18.8. The maximum atomic E-state index is 12.9. The standard InChI is InChI=1S/C21H23N5O/c1-15-8-9-16(14-17(15)18-6-3-4-11-22-18)24-21(27)26-13-5-7-20(26)19-10-12-23-25(19)2/h3-4,6,8-12,14,20H,5,7,13H2,1-2H3,(H,24,27)/t20-/m0/s1. The van der Waals surface area contributed by atoms with Gasteiger partial charge >= 0.3 is 6.03 Å². The molecule has 0 saturated carbocycles. The topological polar surface area (TPSA) is 63.1 Å². The molecule has 0 bridgehead atoms. The van der Waals surface area contributed by atoms with Crippen molar-refractivity contribution in [2.24, 2.45) is 7.05 Å². The van der Waals surface area contributed by atoms with Crippen LogP contribution in [0.1, 0.15) is 30.1 Å². The van der Waals surface area contributed by atoms with Gasteiger partial charge in [-0.3, -0.25) is 9.67 Å². The molecule has 138 valence electrons. The molecule has 1 atom stereocenters. The third kappa shape index (κ3) is 3.43. The van der Waals surface area contributed by atoms with Crippen LogP contribution in [0.4, 0.5) is 10.5 Å². The molecule has 0 unspecified atom stereocenters. The van der Waals surface area contributed by atoms with Gasteiger partial charge in [0.1, 0.15) is 0 Å². The van der Waals surface area contributed by atoms with Crippen molar-refractivity contribution in [2.45, 2.75) is 25.8 Å². The zero-order valence-electron chi connectivity index (χ0n) is 15.6. The van der Waals surface area contributed by atoms with Crippen molar-refractivity contribution in [3.8, 4) is 11.3 Å². The molecular formula is C21H23N5O. The van der Waals surface area contributed by atoms with E-state index in [0.29, 0.717) is 0 Å². The summed E-state index contributed by atoms with van der Waals surface area (Å²) >= 11 is 0. The number of nitrogens with zero attached hydrogens (tertiary/aromatic N) is 4. The fraction of sp³-hybridized carbons (Fsp3) is 0.286. The molecule has 1 aliphatic rings. The number of pyridine rings is 1. The van der Waals surface area contributed by atoms with E-state index in [2.05, 4.69) is 22.3 Å². The average molecular weight is 361 g/mol. The van der Waals surface area contributed by atoms with Crippen LogP contribution in [0, 0.1) is 6.92 Å². The van der Waals surface area contributed by atoms with Crippen LogP contribution < -0.4 is 5.32 Å². The smallest absolute Gasteiger partial charge is 0.316 e. The molecule has 1 saturated heterocycles. The highest BCUT2D eigenvalue weighted by molar-refractivity contribution is 5.90. The first kappa shape index (κ1) is 17.3. The molecule has 6 nitrogen and oxygen atoms in total. The molecule has 2 amide bonds. The van der Waals surface area contributed by atoms with E-state index < -0.39 is 0 Å². The monoisotopic (exact) mass is 361 g/mol. The van der Waals surface area contributed by atoms with Crippen LogP contribution in [0.2, 0.25) is 0 Å². The molecule has 0 spiro atoms. The van der Waals surface area contributed by atoms with Gasteiger partial charge in [-0.15, -0.1) is 0 Å². The molecular weight excluding hydrogens is 338 g/mol. The second-order valence-electron chi connectivity index (χ2n) is 6.91. The Morgan fingerprint density at radius 2 is 2.07 bits per heavy atom. The van der Waals surface area contributed by atoms with Crippen LogP contribution in [-0.4, -0.2) is 32.2 Å². The molecule has 6 heteroatoms. The SMILES string of the molecule is Cc1ccc(NC(=O)N2CCC[C@H]2c2ccnn2C)cc1-c1ccccn1. The summed E-state index contributed by atoms with van der Waals surface area (Å²) < 4.78 is 1.85. The van der Waals surface area contributed by atoms with Crippen LogP contribution in [-0.2, 0) is 7.05 Å². The number of hydrogen-bond donors (Lipinski definition) is 1. The molecule has 0 radical (unpaired) electrons. The van der Waals surface area contributed by atoms with E-state index in [-0.39, 0.29) is 12.1 Å². The van der Waals surface area contributed by atoms with Crippen molar-refractivity contribution in [1.82, 2.24) is 19.7 Å². The van der Waals surface area contributed by atoms with Gasteiger partial charge in [0.25, 0.3) is 0 Å². The van der Waals surface area contributed by atoms with E-state index in [4.69, 9.17) is 0 Å².